The van der Waals surface area contributed by atoms with Gasteiger partial charge in [-0.25, -0.2) is 0 Å². The third-order valence-corrected chi connectivity index (χ3v) is 4.19. The van der Waals surface area contributed by atoms with Crippen molar-refractivity contribution in [2.24, 2.45) is 0 Å². The van der Waals surface area contributed by atoms with Crippen LogP contribution in [0.2, 0.25) is 0 Å². The number of amides is 1. The number of anilines is 2. The van der Waals surface area contributed by atoms with Gasteiger partial charge in [-0.05, 0) is 43.3 Å². The molecule has 1 saturated heterocycles. The lowest BCUT2D eigenvalue weighted by molar-refractivity contribution is -0.122. The maximum absolute atomic E-state index is 12.4. The molecule has 1 atom stereocenters. The van der Waals surface area contributed by atoms with E-state index in [1.54, 1.807) is 31.2 Å². The summed E-state index contributed by atoms with van der Waals surface area (Å²) in [4.78, 5) is 14.6. The summed E-state index contributed by atoms with van der Waals surface area (Å²) in [5.41, 5.74) is 2.22. The second-order valence-electron chi connectivity index (χ2n) is 6.00. The Balaban J connectivity index is 1.59. The van der Waals surface area contributed by atoms with Crippen LogP contribution in [0.1, 0.15) is 12.5 Å². The lowest BCUT2D eigenvalue weighted by Crippen LogP contribution is -2.36. The highest BCUT2D eigenvalue weighted by molar-refractivity contribution is 5.94. The molecule has 1 amide bonds. The van der Waals surface area contributed by atoms with Crippen LogP contribution in [-0.4, -0.2) is 38.3 Å². The van der Waals surface area contributed by atoms with Gasteiger partial charge in [-0.3, -0.25) is 4.79 Å². The molecule has 0 aliphatic carbocycles. The number of benzene rings is 2. The highest BCUT2D eigenvalue weighted by Gasteiger charge is 2.17. The van der Waals surface area contributed by atoms with Gasteiger partial charge in [0.05, 0.1) is 18.8 Å². The van der Waals surface area contributed by atoms with Gasteiger partial charge in [-0.2, -0.15) is 5.26 Å². The molecule has 1 N–H and O–H groups in total. The minimum absolute atomic E-state index is 0.267. The summed E-state index contributed by atoms with van der Waals surface area (Å²) in [5, 5.41) is 11.9. The summed E-state index contributed by atoms with van der Waals surface area (Å²) in [6.45, 7) is 4.87. The number of morpholine rings is 1. The molecule has 26 heavy (non-hydrogen) atoms. The topological polar surface area (TPSA) is 74.6 Å². The molecule has 0 bridgehead atoms. The highest BCUT2D eigenvalue weighted by atomic mass is 16.5. The minimum atomic E-state index is -0.719. The van der Waals surface area contributed by atoms with Crippen molar-refractivity contribution in [2.75, 3.05) is 36.5 Å². The number of hydrogen-bond donors (Lipinski definition) is 1. The van der Waals surface area contributed by atoms with Crippen molar-refractivity contribution >= 4 is 17.3 Å². The molecule has 6 heteroatoms. The Morgan fingerprint density at radius 1 is 1.19 bits per heavy atom. The number of para-hydroxylation sites is 1. The average Bonchev–Trinajstić information content (AvgIpc) is 2.69. The predicted molar refractivity (Wildman–Crippen MR) is 99.4 cm³/mol. The van der Waals surface area contributed by atoms with E-state index in [9.17, 15) is 4.79 Å². The zero-order valence-corrected chi connectivity index (χ0v) is 14.6. The maximum atomic E-state index is 12.4. The number of nitrogens with one attached hydrogen (secondary N) is 1. The Bertz CT molecular complexity index is 793. The molecule has 0 spiro atoms. The van der Waals surface area contributed by atoms with Crippen LogP contribution in [0, 0.1) is 11.3 Å². The molecule has 3 rings (SSSR count). The number of carbonyl (C=O) groups is 1. The number of nitriles is 1. The largest absolute Gasteiger partial charge is 0.480 e. The molecule has 134 valence electrons. The molecule has 0 saturated carbocycles. The summed E-state index contributed by atoms with van der Waals surface area (Å²) < 4.78 is 11.0. The van der Waals surface area contributed by atoms with E-state index in [1.165, 1.54) is 0 Å². The van der Waals surface area contributed by atoms with Gasteiger partial charge in [-0.1, -0.05) is 12.1 Å². The van der Waals surface area contributed by atoms with Gasteiger partial charge in [0, 0.05) is 24.5 Å². The van der Waals surface area contributed by atoms with Crippen molar-refractivity contribution < 1.29 is 14.3 Å². The van der Waals surface area contributed by atoms with Gasteiger partial charge in [0.2, 0.25) is 0 Å². The van der Waals surface area contributed by atoms with Crippen LogP contribution in [0.15, 0.2) is 48.5 Å². The lowest BCUT2D eigenvalue weighted by Gasteiger charge is -2.29. The first-order valence-corrected chi connectivity index (χ1v) is 8.57. The second kappa shape index (κ2) is 8.37. The van der Waals surface area contributed by atoms with Crippen molar-refractivity contribution in [3.8, 4) is 11.8 Å². The fraction of sp³-hybridized carbons (Fsp3) is 0.300. The molecule has 1 aliphatic rings. The zero-order chi connectivity index (χ0) is 18.4. The normalized spacial score (nSPS) is 15.0. The lowest BCUT2D eigenvalue weighted by atomic mass is 10.2. The molecule has 0 unspecified atom stereocenters. The van der Waals surface area contributed by atoms with Gasteiger partial charge >= 0.3 is 0 Å². The molecular formula is C20H21N3O3. The SMILES string of the molecule is C[C@@H](Oc1ccccc1C#N)C(=O)Nc1ccc(N2CCOCC2)cc1. The van der Waals surface area contributed by atoms with Crippen molar-refractivity contribution in [2.45, 2.75) is 13.0 Å². The molecule has 2 aromatic carbocycles. The summed E-state index contributed by atoms with van der Waals surface area (Å²) in [5.74, 6) is 0.136. The van der Waals surface area contributed by atoms with E-state index in [0.717, 1.165) is 32.0 Å². The molecule has 1 aliphatic heterocycles. The van der Waals surface area contributed by atoms with Crippen LogP contribution in [0.3, 0.4) is 0 Å². The maximum Gasteiger partial charge on any atom is 0.265 e. The fourth-order valence-electron chi connectivity index (χ4n) is 2.73. The van der Waals surface area contributed by atoms with Crippen LogP contribution in [0.5, 0.6) is 5.75 Å². The molecular weight excluding hydrogens is 330 g/mol. The Morgan fingerprint density at radius 2 is 1.88 bits per heavy atom. The zero-order valence-electron chi connectivity index (χ0n) is 14.6. The molecule has 1 heterocycles. The molecule has 6 nitrogen and oxygen atoms in total. The van der Waals surface area contributed by atoms with Gasteiger partial charge < -0.3 is 19.7 Å². The van der Waals surface area contributed by atoms with E-state index in [1.807, 2.05) is 24.3 Å². The smallest absolute Gasteiger partial charge is 0.265 e. The second-order valence-corrected chi connectivity index (χ2v) is 6.00. The first-order valence-electron chi connectivity index (χ1n) is 8.57. The predicted octanol–water partition coefficient (Wildman–Crippen LogP) is 2.80. The molecule has 1 fully saturated rings. The standard InChI is InChI=1S/C20H21N3O3/c1-15(26-19-5-3-2-4-16(19)14-21)20(24)22-17-6-8-18(9-7-17)23-10-12-25-13-11-23/h2-9,15H,10-13H2,1H3,(H,22,24)/t15-/m1/s1. The van der Waals surface area contributed by atoms with Gasteiger partial charge in [0.15, 0.2) is 6.10 Å². The van der Waals surface area contributed by atoms with E-state index in [2.05, 4.69) is 16.3 Å². The van der Waals surface area contributed by atoms with Crippen molar-refractivity contribution in [1.82, 2.24) is 0 Å². The van der Waals surface area contributed by atoms with Crippen LogP contribution in [-0.2, 0) is 9.53 Å². The van der Waals surface area contributed by atoms with Crippen LogP contribution in [0.4, 0.5) is 11.4 Å². The Labute approximate surface area is 152 Å². The first-order chi connectivity index (χ1) is 12.7. The fourth-order valence-corrected chi connectivity index (χ4v) is 2.73. The van der Waals surface area contributed by atoms with Crippen molar-refractivity contribution in [3.05, 3.63) is 54.1 Å². The van der Waals surface area contributed by atoms with E-state index < -0.39 is 6.10 Å². The number of rotatable bonds is 5. The van der Waals surface area contributed by atoms with E-state index in [0.29, 0.717) is 17.0 Å². The number of ether oxygens (including phenoxy) is 2. The molecule has 0 radical (unpaired) electrons. The van der Waals surface area contributed by atoms with E-state index >= 15 is 0 Å². The quantitative estimate of drug-likeness (QED) is 0.897. The minimum Gasteiger partial charge on any atom is -0.480 e. The number of nitrogens with zero attached hydrogens (tertiary/aromatic N) is 2. The molecule has 0 aromatic heterocycles. The van der Waals surface area contributed by atoms with Crippen molar-refractivity contribution in [1.29, 1.82) is 5.26 Å². The summed E-state index contributed by atoms with van der Waals surface area (Å²) in [6.07, 6.45) is -0.719. The van der Waals surface area contributed by atoms with Crippen LogP contribution >= 0.6 is 0 Å². The third kappa shape index (κ3) is 4.32. The third-order valence-electron chi connectivity index (χ3n) is 4.19. The van der Waals surface area contributed by atoms with Gasteiger partial charge in [-0.15, -0.1) is 0 Å². The monoisotopic (exact) mass is 351 g/mol. The number of carbonyl (C=O) groups excluding carboxylic acids is 1. The van der Waals surface area contributed by atoms with Crippen LogP contribution < -0.4 is 15.0 Å². The van der Waals surface area contributed by atoms with Crippen molar-refractivity contribution in [3.63, 3.8) is 0 Å². The number of hydrogen-bond acceptors (Lipinski definition) is 5. The summed E-state index contributed by atoms with van der Waals surface area (Å²) in [6, 6.07) is 16.6. The summed E-state index contributed by atoms with van der Waals surface area (Å²) >= 11 is 0. The van der Waals surface area contributed by atoms with E-state index in [4.69, 9.17) is 14.7 Å². The van der Waals surface area contributed by atoms with Gasteiger partial charge in [0.25, 0.3) is 5.91 Å². The Hall–Kier alpha value is -3.04. The van der Waals surface area contributed by atoms with Crippen LogP contribution in [0.25, 0.3) is 0 Å². The van der Waals surface area contributed by atoms with Gasteiger partial charge in [0.1, 0.15) is 11.8 Å². The Morgan fingerprint density at radius 3 is 2.58 bits per heavy atom. The average molecular weight is 351 g/mol. The highest BCUT2D eigenvalue weighted by Crippen LogP contribution is 2.21. The summed E-state index contributed by atoms with van der Waals surface area (Å²) in [7, 11) is 0. The molecule has 2 aromatic rings. The van der Waals surface area contributed by atoms with E-state index in [-0.39, 0.29) is 5.91 Å². The Kier molecular flexibility index (Phi) is 5.72. The first kappa shape index (κ1) is 17.8.